The zero-order valence-electron chi connectivity index (χ0n) is 15.3. The van der Waals surface area contributed by atoms with Crippen molar-refractivity contribution in [3.05, 3.63) is 83.9 Å². The second kappa shape index (κ2) is 6.77. The van der Waals surface area contributed by atoms with Gasteiger partial charge in [0, 0.05) is 10.9 Å². The molecule has 0 aliphatic heterocycles. The molecule has 136 valence electrons. The van der Waals surface area contributed by atoms with Crippen LogP contribution < -0.4 is 0 Å². The van der Waals surface area contributed by atoms with E-state index in [-0.39, 0.29) is 5.78 Å². The predicted octanol–water partition coefficient (Wildman–Crippen LogP) is 5.32. The SMILES string of the molecule is Cc1cc2nnc(SCC(=O)c3ccc4ccccc4c3)n2c2ccccc12. The number of aryl methyl sites for hydroxylation is 1. The molecule has 2 heterocycles. The van der Waals surface area contributed by atoms with Gasteiger partial charge in [0.15, 0.2) is 16.6 Å². The van der Waals surface area contributed by atoms with Gasteiger partial charge in [-0.25, -0.2) is 0 Å². The Hall–Kier alpha value is -3.18. The molecule has 2 aromatic heterocycles. The quantitative estimate of drug-likeness (QED) is 0.311. The molecule has 0 saturated heterocycles. The molecular formula is C23H17N3OS. The fourth-order valence-electron chi connectivity index (χ4n) is 3.54. The Morgan fingerprint density at radius 1 is 0.929 bits per heavy atom. The number of benzene rings is 3. The first kappa shape index (κ1) is 17.0. The van der Waals surface area contributed by atoms with Crippen molar-refractivity contribution in [2.45, 2.75) is 12.1 Å². The smallest absolute Gasteiger partial charge is 0.196 e. The van der Waals surface area contributed by atoms with Crippen molar-refractivity contribution in [1.82, 2.24) is 14.6 Å². The molecule has 4 nitrogen and oxygen atoms in total. The molecule has 0 spiro atoms. The van der Waals surface area contributed by atoms with Crippen molar-refractivity contribution >= 4 is 44.9 Å². The Labute approximate surface area is 166 Å². The largest absolute Gasteiger partial charge is 0.293 e. The molecule has 0 amide bonds. The normalized spacial score (nSPS) is 11.5. The second-order valence-electron chi connectivity index (χ2n) is 6.79. The van der Waals surface area contributed by atoms with Gasteiger partial charge in [0.1, 0.15) is 0 Å². The molecule has 0 radical (unpaired) electrons. The van der Waals surface area contributed by atoms with Gasteiger partial charge in [-0.15, -0.1) is 10.2 Å². The fraction of sp³-hybridized carbons (Fsp3) is 0.0870. The second-order valence-corrected chi connectivity index (χ2v) is 7.74. The van der Waals surface area contributed by atoms with E-state index in [9.17, 15) is 4.79 Å². The third-order valence-corrected chi connectivity index (χ3v) is 5.91. The molecule has 0 atom stereocenters. The molecule has 5 heteroatoms. The highest BCUT2D eigenvalue weighted by atomic mass is 32.2. The van der Waals surface area contributed by atoms with E-state index in [1.54, 1.807) is 0 Å². The van der Waals surface area contributed by atoms with Crippen LogP contribution in [0.25, 0.3) is 27.3 Å². The summed E-state index contributed by atoms with van der Waals surface area (Å²) in [5.41, 5.74) is 3.75. The van der Waals surface area contributed by atoms with Crippen LogP contribution in [0.3, 0.4) is 0 Å². The summed E-state index contributed by atoms with van der Waals surface area (Å²) in [7, 11) is 0. The van der Waals surface area contributed by atoms with Gasteiger partial charge >= 0.3 is 0 Å². The van der Waals surface area contributed by atoms with Gasteiger partial charge in [0.05, 0.1) is 11.3 Å². The van der Waals surface area contributed by atoms with Gasteiger partial charge in [0.25, 0.3) is 0 Å². The number of Topliss-reactive ketones (excluding diaryl/α,β-unsaturated/α-hetero) is 1. The van der Waals surface area contributed by atoms with E-state index in [0.29, 0.717) is 5.75 Å². The summed E-state index contributed by atoms with van der Waals surface area (Å²) >= 11 is 1.43. The number of pyridine rings is 1. The van der Waals surface area contributed by atoms with E-state index in [2.05, 4.69) is 29.3 Å². The number of carbonyl (C=O) groups is 1. The number of nitrogens with zero attached hydrogens (tertiary/aromatic N) is 3. The van der Waals surface area contributed by atoms with E-state index in [4.69, 9.17) is 0 Å². The summed E-state index contributed by atoms with van der Waals surface area (Å²) in [4.78, 5) is 12.8. The summed E-state index contributed by atoms with van der Waals surface area (Å²) < 4.78 is 2.03. The highest BCUT2D eigenvalue weighted by Crippen LogP contribution is 2.26. The molecule has 0 aliphatic rings. The summed E-state index contributed by atoms with van der Waals surface area (Å²) in [6, 6.07) is 24.1. The van der Waals surface area contributed by atoms with E-state index in [0.717, 1.165) is 38.0 Å². The third kappa shape index (κ3) is 2.84. The highest BCUT2D eigenvalue weighted by Gasteiger charge is 2.14. The molecule has 28 heavy (non-hydrogen) atoms. The lowest BCUT2D eigenvalue weighted by molar-refractivity contribution is 0.102. The average Bonchev–Trinajstić information content (AvgIpc) is 3.14. The van der Waals surface area contributed by atoms with E-state index < -0.39 is 0 Å². The van der Waals surface area contributed by atoms with Crippen LogP contribution in [0.1, 0.15) is 15.9 Å². The molecule has 0 saturated carbocycles. The van der Waals surface area contributed by atoms with Crippen molar-refractivity contribution in [2.75, 3.05) is 5.75 Å². The van der Waals surface area contributed by atoms with Gasteiger partial charge in [-0.05, 0) is 41.5 Å². The number of thioether (sulfide) groups is 1. The van der Waals surface area contributed by atoms with Crippen molar-refractivity contribution < 1.29 is 4.79 Å². The molecule has 5 aromatic rings. The van der Waals surface area contributed by atoms with Crippen molar-refractivity contribution in [3.8, 4) is 0 Å². The molecule has 0 bridgehead atoms. The summed E-state index contributed by atoms with van der Waals surface area (Å²) in [6.07, 6.45) is 0. The molecule has 0 N–H and O–H groups in total. The topological polar surface area (TPSA) is 47.3 Å². The van der Waals surface area contributed by atoms with Crippen LogP contribution in [0.4, 0.5) is 0 Å². The number of aromatic nitrogens is 3. The third-order valence-electron chi connectivity index (χ3n) is 4.98. The van der Waals surface area contributed by atoms with Crippen molar-refractivity contribution in [1.29, 1.82) is 0 Å². The lowest BCUT2D eigenvalue weighted by Gasteiger charge is -2.07. The Morgan fingerprint density at radius 3 is 2.61 bits per heavy atom. The minimum absolute atomic E-state index is 0.0870. The first-order valence-corrected chi connectivity index (χ1v) is 10.1. The van der Waals surface area contributed by atoms with Crippen LogP contribution in [-0.2, 0) is 0 Å². The maximum atomic E-state index is 12.8. The highest BCUT2D eigenvalue weighted by molar-refractivity contribution is 7.99. The number of hydrogen-bond donors (Lipinski definition) is 0. The van der Waals surface area contributed by atoms with E-state index in [1.165, 1.54) is 17.3 Å². The maximum Gasteiger partial charge on any atom is 0.196 e. The molecule has 5 rings (SSSR count). The zero-order valence-corrected chi connectivity index (χ0v) is 16.1. The Bertz CT molecular complexity index is 1360. The molecule has 3 aromatic carbocycles. The number of para-hydroxylation sites is 1. The number of carbonyl (C=O) groups excluding carboxylic acids is 1. The van der Waals surface area contributed by atoms with Gasteiger partial charge in [-0.3, -0.25) is 9.20 Å². The zero-order chi connectivity index (χ0) is 19.1. The van der Waals surface area contributed by atoms with Crippen LogP contribution in [0.2, 0.25) is 0 Å². The molecule has 0 fully saturated rings. The number of fused-ring (bicyclic) bond motifs is 4. The van der Waals surface area contributed by atoms with Crippen LogP contribution in [0.5, 0.6) is 0 Å². The Morgan fingerprint density at radius 2 is 1.71 bits per heavy atom. The molecular weight excluding hydrogens is 366 g/mol. The van der Waals surface area contributed by atoms with Crippen molar-refractivity contribution in [2.24, 2.45) is 0 Å². The maximum absolute atomic E-state index is 12.8. The van der Waals surface area contributed by atoms with Gasteiger partial charge in [-0.1, -0.05) is 66.4 Å². The van der Waals surface area contributed by atoms with Crippen LogP contribution >= 0.6 is 11.8 Å². The van der Waals surface area contributed by atoms with Crippen LogP contribution in [0.15, 0.2) is 78.0 Å². The van der Waals surface area contributed by atoms with Gasteiger partial charge in [0.2, 0.25) is 0 Å². The lowest BCUT2D eigenvalue weighted by atomic mass is 10.1. The number of rotatable bonds is 4. The number of hydrogen-bond acceptors (Lipinski definition) is 4. The minimum Gasteiger partial charge on any atom is -0.293 e. The first-order valence-electron chi connectivity index (χ1n) is 9.09. The van der Waals surface area contributed by atoms with Gasteiger partial charge in [-0.2, -0.15) is 0 Å². The van der Waals surface area contributed by atoms with E-state index >= 15 is 0 Å². The lowest BCUT2D eigenvalue weighted by Crippen LogP contribution is -2.03. The Kier molecular flexibility index (Phi) is 4.10. The van der Waals surface area contributed by atoms with Gasteiger partial charge < -0.3 is 0 Å². The first-order chi connectivity index (χ1) is 13.7. The van der Waals surface area contributed by atoms with Crippen LogP contribution in [0, 0.1) is 6.92 Å². The minimum atomic E-state index is 0.0870. The molecule has 0 unspecified atom stereocenters. The van der Waals surface area contributed by atoms with E-state index in [1.807, 2.05) is 65.1 Å². The summed E-state index contributed by atoms with van der Waals surface area (Å²) in [6.45, 7) is 2.08. The Balaban J connectivity index is 1.47. The monoisotopic (exact) mass is 383 g/mol. The summed E-state index contributed by atoms with van der Waals surface area (Å²) in [5, 5.41) is 12.7. The summed E-state index contributed by atoms with van der Waals surface area (Å²) in [5.74, 6) is 0.408. The fourth-order valence-corrected chi connectivity index (χ4v) is 4.39. The molecule has 0 aliphatic carbocycles. The van der Waals surface area contributed by atoms with Crippen molar-refractivity contribution in [3.63, 3.8) is 0 Å². The average molecular weight is 383 g/mol. The predicted molar refractivity (Wildman–Crippen MR) is 114 cm³/mol. The number of ketones is 1. The standard InChI is InChI=1S/C23H17N3OS/c1-15-12-22-24-25-23(26(22)20-9-5-4-8-19(15)20)28-14-21(27)18-11-10-16-6-2-3-7-17(16)13-18/h2-13H,14H2,1H3. The van der Waals surface area contributed by atoms with Crippen LogP contribution in [-0.4, -0.2) is 26.1 Å².